The first-order valence-electron chi connectivity index (χ1n) is 6.11. The van der Waals surface area contributed by atoms with Gasteiger partial charge in [0.05, 0.1) is 0 Å². The van der Waals surface area contributed by atoms with Crippen LogP contribution in [0, 0.1) is 0 Å². The summed E-state index contributed by atoms with van der Waals surface area (Å²) < 4.78 is 5.45. The molecule has 0 saturated carbocycles. The molecule has 6 heteroatoms. The number of carbonyl (C=O) groups excluding carboxylic acids is 2. The molecule has 0 bridgehead atoms. The molecule has 1 atom stereocenters. The molecule has 1 aromatic rings. The third-order valence-electron chi connectivity index (χ3n) is 2.39. The maximum Gasteiger partial charge on any atom is 0.321 e. The fourth-order valence-electron chi connectivity index (χ4n) is 1.42. The molecule has 4 N–H and O–H groups in total. The Hall–Kier alpha value is -2.08. The van der Waals surface area contributed by atoms with Gasteiger partial charge in [0.2, 0.25) is 0 Å². The average molecular weight is 265 g/mol. The van der Waals surface area contributed by atoms with Gasteiger partial charge in [-0.05, 0) is 31.5 Å². The van der Waals surface area contributed by atoms with Crippen molar-refractivity contribution in [2.45, 2.75) is 26.5 Å². The number of hydrogen-bond acceptors (Lipinski definition) is 4. The van der Waals surface area contributed by atoms with Crippen LogP contribution in [0.3, 0.4) is 0 Å². The maximum atomic E-state index is 11.7. The van der Waals surface area contributed by atoms with Crippen LogP contribution in [0.2, 0.25) is 0 Å². The van der Waals surface area contributed by atoms with Crippen molar-refractivity contribution >= 4 is 11.9 Å². The average Bonchev–Trinajstić information content (AvgIpc) is 2.39. The Balaban J connectivity index is 2.55. The molecule has 0 aliphatic heterocycles. The van der Waals surface area contributed by atoms with Gasteiger partial charge in [0.1, 0.15) is 5.75 Å². The largest absolute Gasteiger partial charge is 0.481 e. The van der Waals surface area contributed by atoms with E-state index in [1.165, 1.54) is 0 Å². The molecule has 0 radical (unpaired) electrons. The Bertz CT molecular complexity index is 449. The van der Waals surface area contributed by atoms with E-state index in [0.29, 0.717) is 18.8 Å². The summed E-state index contributed by atoms with van der Waals surface area (Å²) in [5.41, 5.74) is 6.43. The fraction of sp³-hybridized carbons (Fsp3) is 0.385. The SMILES string of the molecule is CCNC(=O)NC(=O)C(C)Oc1cccc(CN)c1. The van der Waals surface area contributed by atoms with Gasteiger partial charge >= 0.3 is 6.03 Å². The van der Waals surface area contributed by atoms with E-state index in [4.69, 9.17) is 10.5 Å². The maximum absolute atomic E-state index is 11.7. The summed E-state index contributed by atoms with van der Waals surface area (Å²) in [6.45, 7) is 4.19. The molecule has 1 unspecified atom stereocenters. The number of benzene rings is 1. The lowest BCUT2D eigenvalue weighted by atomic mass is 10.2. The lowest BCUT2D eigenvalue weighted by Gasteiger charge is -2.14. The van der Waals surface area contributed by atoms with E-state index in [1.54, 1.807) is 32.0 Å². The standard InChI is InChI=1S/C13H19N3O3/c1-3-15-13(18)16-12(17)9(2)19-11-6-4-5-10(7-11)8-14/h4-7,9H,3,8,14H2,1-2H3,(H2,15,16,17,18). The number of nitrogens with two attached hydrogens (primary N) is 1. The van der Waals surface area contributed by atoms with Gasteiger partial charge in [-0.1, -0.05) is 12.1 Å². The molecule has 0 heterocycles. The summed E-state index contributed by atoms with van der Waals surface area (Å²) in [5, 5.41) is 4.66. The van der Waals surface area contributed by atoms with E-state index < -0.39 is 18.0 Å². The minimum Gasteiger partial charge on any atom is -0.481 e. The van der Waals surface area contributed by atoms with Crippen LogP contribution in [0.5, 0.6) is 5.75 Å². The number of ether oxygens (including phenoxy) is 1. The Labute approximate surface area is 112 Å². The normalized spacial score (nSPS) is 11.5. The highest BCUT2D eigenvalue weighted by Gasteiger charge is 2.17. The van der Waals surface area contributed by atoms with Crippen molar-refractivity contribution in [3.05, 3.63) is 29.8 Å². The van der Waals surface area contributed by atoms with Crippen molar-refractivity contribution in [2.24, 2.45) is 5.73 Å². The summed E-state index contributed by atoms with van der Waals surface area (Å²) >= 11 is 0. The van der Waals surface area contributed by atoms with Gasteiger partial charge in [-0.2, -0.15) is 0 Å². The van der Waals surface area contributed by atoms with Gasteiger partial charge in [-0.3, -0.25) is 10.1 Å². The van der Waals surface area contributed by atoms with E-state index in [-0.39, 0.29) is 0 Å². The Morgan fingerprint density at radius 1 is 1.42 bits per heavy atom. The number of imide groups is 1. The summed E-state index contributed by atoms with van der Waals surface area (Å²) in [5.74, 6) is 0.0469. The first kappa shape index (κ1) is 15.0. The molecular formula is C13H19N3O3. The lowest BCUT2D eigenvalue weighted by Crippen LogP contribution is -2.45. The van der Waals surface area contributed by atoms with E-state index in [9.17, 15) is 9.59 Å². The molecule has 0 fully saturated rings. The van der Waals surface area contributed by atoms with Crippen molar-refractivity contribution in [1.82, 2.24) is 10.6 Å². The topological polar surface area (TPSA) is 93.5 Å². The van der Waals surface area contributed by atoms with Crippen LogP contribution >= 0.6 is 0 Å². The molecule has 1 aromatic carbocycles. The number of nitrogens with one attached hydrogen (secondary N) is 2. The molecule has 0 aromatic heterocycles. The number of carbonyl (C=O) groups is 2. The first-order chi connectivity index (χ1) is 9.06. The van der Waals surface area contributed by atoms with Crippen LogP contribution in [0.1, 0.15) is 19.4 Å². The number of hydrogen-bond donors (Lipinski definition) is 3. The van der Waals surface area contributed by atoms with Crippen LogP contribution in [-0.2, 0) is 11.3 Å². The highest BCUT2D eigenvalue weighted by Crippen LogP contribution is 2.14. The molecule has 0 aliphatic rings. The van der Waals surface area contributed by atoms with Gasteiger partial charge < -0.3 is 15.8 Å². The summed E-state index contributed by atoms with van der Waals surface area (Å²) in [4.78, 5) is 22.9. The van der Waals surface area contributed by atoms with Crippen molar-refractivity contribution in [1.29, 1.82) is 0 Å². The quantitative estimate of drug-likeness (QED) is 0.732. The molecule has 0 spiro atoms. The van der Waals surface area contributed by atoms with Gasteiger partial charge in [0.15, 0.2) is 6.10 Å². The van der Waals surface area contributed by atoms with Crippen molar-refractivity contribution in [2.75, 3.05) is 6.54 Å². The zero-order valence-corrected chi connectivity index (χ0v) is 11.1. The second kappa shape index (κ2) is 7.38. The van der Waals surface area contributed by atoms with E-state index in [0.717, 1.165) is 5.56 Å². The molecule has 3 amide bonds. The monoisotopic (exact) mass is 265 g/mol. The molecule has 0 saturated heterocycles. The summed E-state index contributed by atoms with van der Waals surface area (Å²) in [6.07, 6.45) is -0.768. The second-order valence-electron chi connectivity index (χ2n) is 3.96. The van der Waals surface area contributed by atoms with Gasteiger partial charge in [0, 0.05) is 13.1 Å². The van der Waals surface area contributed by atoms with Crippen LogP contribution in [0.15, 0.2) is 24.3 Å². The Kier molecular flexibility index (Phi) is 5.81. The number of rotatable bonds is 5. The smallest absolute Gasteiger partial charge is 0.321 e. The van der Waals surface area contributed by atoms with Gasteiger partial charge in [0.25, 0.3) is 5.91 Å². The van der Waals surface area contributed by atoms with Gasteiger partial charge in [-0.15, -0.1) is 0 Å². The van der Waals surface area contributed by atoms with Crippen molar-refractivity contribution in [3.63, 3.8) is 0 Å². The van der Waals surface area contributed by atoms with E-state index in [1.807, 2.05) is 6.07 Å². The zero-order chi connectivity index (χ0) is 14.3. The van der Waals surface area contributed by atoms with Crippen LogP contribution in [0.25, 0.3) is 0 Å². The highest BCUT2D eigenvalue weighted by atomic mass is 16.5. The van der Waals surface area contributed by atoms with Crippen LogP contribution in [0.4, 0.5) is 4.79 Å². The Morgan fingerprint density at radius 2 is 2.16 bits per heavy atom. The first-order valence-corrected chi connectivity index (χ1v) is 6.11. The third kappa shape index (κ3) is 4.97. The number of urea groups is 1. The molecule has 1 rings (SSSR count). The predicted molar refractivity (Wildman–Crippen MR) is 71.6 cm³/mol. The molecule has 19 heavy (non-hydrogen) atoms. The second-order valence-corrected chi connectivity index (χ2v) is 3.96. The fourth-order valence-corrected chi connectivity index (χ4v) is 1.42. The third-order valence-corrected chi connectivity index (χ3v) is 2.39. The minimum atomic E-state index is -0.768. The lowest BCUT2D eigenvalue weighted by molar-refractivity contribution is -0.126. The van der Waals surface area contributed by atoms with Gasteiger partial charge in [-0.25, -0.2) is 4.79 Å². The van der Waals surface area contributed by atoms with E-state index in [2.05, 4.69) is 10.6 Å². The molecule has 0 aliphatic carbocycles. The number of amides is 3. The Morgan fingerprint density at radius 3 is 2.79 bits per heavy atom. The zero-order valence-electron chi connectivity index (χ0n) is 11.1. The molecule has 6 nitrogen and oxygen atoms in total. The van der Waals surface area contributed by atoms with E-state index >= 15 is 0 Å². The highest BCUT2D eigenvalue weighted by molar-refractivity contribution is 5.96. The van der Waals surface area contributed by atoms with Crippen molar-refractivity contribution in [3.8, 4) is 5.75 Å². The minimum absolute atomic E-state index is 0.399. The van der Waals surface area contributed by atoms with Crippen LogP contribution < -0.4 is 21.1 Å². The summed E-state index contributed by atoms with van der Waals surface area (Å²) in [7, 11) is 0. The summed E-state index contributed by atoms with van der Waals surface area (Å²) in [6, 6.07) is 6.63. The predicted octanol–water partition coefficient (Wildman–Crippen LogP) is 0.758. The molecular weight excluding hydrogens is 246 g/mol. The van der Waals surface area contributed by atoms with Crippen molar-refractivity contribution < 1.29 is 14.3 Å². The molecule has 104 valence electrons. The van der Waals surface area contributed by atoms with Crippen LogP contribution in [-0.4, -0.2) is 24.6 Å².